The van der Waals surface area contributed by atoms with Crippen molar-refractivity contribution in [2.24, 2.45) is 10.7 Å². The molecule has 0 aliphatic carbocycles. The third kappa shape index (κ3) is 6.31. The predicted octanol–water partition coefficient (Wildman–Crippen LogP) is 3.72. The second kappa shape index (κ2) is 11.7. The highest BCUT2D eigenvalue weighted by Crippen LogP contribution is 2.28. The topological polar surface area (TPSA) is 85.2 Å². The predicted molar refractivity (Wildman–Crippen MR) is 119 cm³/mol. The van der Waals surface area contributed by atoms with Crippen LogP contribution in [0.2, 0.25) is 0 Å². The van der Waals surface area contributed by atoms with Crippen LogP contribution in [0, 0.1) is 0 Å². The van der Waals surface area contributed by atoms with Gasteiger partial charge in [0, 0.05) is 6.07 Å². The Bertz CT molecular complexity index is 703. The standard InChI is InChI=1S/C19H28N4O3.HI/c1-5-23(6-2)16(18-8-7-11-26-18)13-21-19(20)22-15-12-14(24-3)9-10-17(15)25-4;/h7-12,16H,5-6,13H2,1-4H3,(H3,20,21,22);1H. The fraction of sp³-hybridized carbons (Fsp3) is 0.421. The van der Waals surface area contributed by atoms with E-state index in [0.29, 0.717) is 29.7 Å². The van der Waals surface area contributed by atoms with Crippen molar-refractivity contribution in [1.82, 2.24) is 4.90 Å². The lowest BCUT2D eigenvalue weighted by Crippen LogP contribution is -2.32. The number of furan rings is 1. The van der Waals surface area contributed by atoms with Gasteiger partial charge < -0.3 is 24.9 Å². The van der Waals surface area contributed by atoms with Crippen LogP contribution in [0.5, 0.6) is 11.5 Å². The first-order valence-electron chi connectivity index (χ1n) is 8.69. The summed E-state index contributed by atoms with van der Waals surface area (Å²) in [5.41, 5.74) is 6.80. The summed E-state index contributed by atoms with van der Waals surface area (Å²) < 4.78 is 16.2. The van der Waals surface area contributed by atoms with Crippen LogP contribution in [0.4, 0.5) is 5.69 Å². The minimum Gasteiger partial charge on any atom is -0.497 e. The number of halogens is 1. The SMILES string of the molecule is CCN(CC)C(CN=C(N)Nc1cc(OC)ccc1OC)c1ccco1.I. The molecule has 27 heavy (non-hydrogen) atoms. The highest BCUT2D eigenvalue weighted by molar-refractivity contribution is 14.0. The van der Waals surface area contributed by atoms with Gasteiger partial charge in [0.1, 0.15) is 17.3 Å². The highest BCUT2D eigenvalue weighted by Gasteiger charge is 2.20. The van der Waals surface area contributed by atoms with E-state index in [9.17, 15) is 0 Å². The normalized spacial score (nSPS) is 12.4. The zero-order chi connectivity index (χ0) is 18.9. The van der Waals surface area contributed by atoms with Crippen molar-refractivity contribution in [1.29, 1.82) is 0 Å². The number of anilines is 1. The molecule has 0 saturated heterocycles. The summed E-state index contributed by atoms with van der Waals surface area (Å²) in [4.78, 5) is 6.79. The molecule has 0 aliphatic rings. The lowest BCUT2D eigenvalue weighted by atomic mass is 10.2. The van der Waals surface area contributed by atoms with Gasteiger partial charge in [-0.15, -0.1) is 24.0 Å². The molecule has 2 aromatic rings. The Labute approximate surface area is 177 Å². The van der Waals surface area contributed by atoms with E-state index in [1.807, 2.05) is 30.3 Å². The van der Waals surface area contributed by atoms with Crippen molar-refractivity contribution in [3.63, 3.8) is 0 Å². The number of likely N-dealkylation sites (N-methyl/N-ethyl adjacent to an activating group) is 1. The smallest absolute Gasteiger partial charge is 0.193 e. The molecule has 8 heteroatoms. The van der Waals surface area contributed by atoms with Crippen LogP contribution in [0.1, 0.15) is 25.6 Å². The third-order valence-electron chi connectivity index (χ3n) is 4.23. The first kappa shape index (κ1) is 23.1. The maximum Gasteiger partial charge on any atom is 0.193 e. The molecule has 0 bridgehead atoms. The highest BCUT2D eigenvalue weighted by atomic mass is 127. The van der Waals surface area contributed by atoms with E-state index in [1.54, 1.807) is 20.5 Å². The van der Waals surface area contributed by atoms with Gasteiger partial charge in [0.05, 0.1) is 38.8 Å². The quantitative estimate of drug-likeness (QED) is 0.318. The summed E-state index contributed by atoms with van der Waals surface area (Å²) in [6, 6.07) is 9.34. The van der Waals surface area contributed by atoms with Crippen molar-refractivity contribution < 1.29 is 13.9 Å². The van der Waals surface area contributed by atoms with Crippen LogP contribution >= 0.6 is 24.0 Å². The second-order valence-electron chi connectivity index (χ2n) is 5.67. The van der Waals surface area contributed by atoms with Crippen LogP contribution < -0.4 is 20.5 Å². The molecule has 0 saturated carbocycles. The average Bonchev–Trinajstić information content (AvgIpc) is 3.19. The van der Waals surface area contributed by atoms with Crippen molar-refractivity contribution in [3.05, 3.63) is 42.4 Å². The lowest BCUT2D eigenvalue weighted by Gasteiger charge is -2.26. The van der Waals surface area contributed by atoms with Gasteiger partial charge in [0.2, 0.25) is 0 Å². The molecule has 0 spiro atoms. The van der Waals surface area contributed by atoms with Gasteiger partial charge in [-0.2, -0.15) is 0 Å². The molecule has 1 atom stereocenters. The number of hydrogen-bond acceptors (Lipinski definition) is 5. The van der Waals surface area contributed by atoms with E-state index in [0.717, 1.165) is 18.8 Å². The maximum atomic E-state index is 6.10. The van der Waals surface area contributed by atoms with Gasteiger partial charge in [0.15, 0.2) is 5.96 Å². The lowest BCUT2D eigenvalue weighted by molar-refractivity contribution is 0.198. The molecule has 0 aliphatic heterocycles. The molecule has 150 valence electrons. The molecule has 0 amide bonds. The molecular formula is C19H29IN4O3. The number of nitrogens with one attached hydrogen (secondary N) is 1. The molecule has 0 fully saturated rings. The number of benzene rings is 1. The number of nitrogens with two attached hydrogens (primary N) is 1. The number of ether oxygens (including phenoxy) is 2. The number of methoxy groups -OCH3 is 2. The van der Waals surface area contributed by atoms with Crippen molar-refractivity contribution in [2.75, 3.05) is 39.2 Å². The zero-order valence-corrected chi connectivity index (χ0v) is 18.6. The van der Waals surface area contributed by atoms with Crippen LogP contribution in [-0.2, 0) is 0 Å². The molecule has 1 aromatic heterocycles. The van der Waals surface area contributed by atoms with Gasteiger partial charge in [0.25, 0.3) is 0 Å². The molecule has 1 aromatic carbocycles. The summed E-state index contributed by atoms with van der Waals surface area (Å²) in [6.07, 6.45) is 1.68. The van der Waals surface area contributed by atoms with Gasteiger partial charge in [-0.25, -0.2) is 0 Å². The number of hydrogen-bond donors (Lipinski definition) is 2. The van der Waals surface area contributed by atoms with Gasteiger partial charge in [-0.05, 0) is 37.4 Å². The third-order valence-corrected chi connectivity index (χ3v) is 4.23. The number of nitrogens with zero attached hydrogens (tertiary/aromatic N) is 2. The molecule has 2 rings (SSSR count). The molecule has 7 nitrogen and oxygen atoms in total. The van der Waals surface area contributed by atoms with E-state index >= 15 is 0 Å². The number of guanidine groups is 1. The summed E-state index contributed by atoms with van der Waals surface area (Å²) in [6.45, 7) is 6.51. The molecule has 0 radical (unpaired) electrons. The van der Waals surface area contributed by atoms with Crippen LogP contribution in [0.15, 0.2) is 46.0 Å². The van der Waals surface area contributed by atoms with E-state index in [-0.39, 0.29) is 30.0 Å². The monoisotopic (exact) mass is 488 g/mol. The van der Waals surface area contributed by atoms with E-state index < -0.39 is 0 Å². The first-order chi connectivity index (χ1) is 12.6. The molecule has 1 unspecified atom stereocenters. The van der Waals surface area contributed by atoms with Gasteiger partial charge in [-0.3, -0.25) is 9.89 Å². The van der Waals surface area contributed by atoms with Crippen molar-refractivity contribution in [2.45, 2.75) is 19.9 Å². The number of rotatable bonds is 9. The molecule has 3 N–H and O–H groups in total. The average molecular weight is 488 g/mol. The van der Waals surface area contributed by atoms with Gasteiger partial charge >= 0.3 is 0 Å². The minimum atomic E-state index is 0. The zero-order valence-electron chi connectivity index (χ0n) is 16.3. The Morgan fingerprint density at radius 3 is 2.52 bits per heavy atom. The Morgan fingerprint density at radius 2 is 1.96 bits per heavy atom. The van der Waals surface area contributed by atoms with E-state index in [1.165, 1.54) is 0 Å². The Kier molecular flexibility index (Phi) is 10.0. The fourth-order valence-electron chi connectivity index (χ4n) is 2.80. The van der Waals surface area contributed by atoms with Crippen LogP contribution in [-0.4, -0.2) is 44.7 Å². The van der Waals surface area contributed by atoms with Crippen LogP contribution in [0.3, 0.4) is 0 Å². The van der Waals surface area contributed by atoms with Crippen molar-refractivity contribution in [3.8, 4) is 11.5 Å². The first-order valence-corrected chi connectivity index (χ1v) is 8.69. The van der Waals surface area contributed by atoms with E-state index in [4.69, 9.17) is 19.6 Å². The Morgan fingerprint density at radius 1 is 1.22 bits per heavy atom. The Hall–Kier alpha value is -1.94. The number of aliphatic imine (C=N–C) groups is 1. The second-order valence-corrected chi connectivity index (χ2v) is 5.67. The largest absolute Gasteiger partial charge is 0.497 e. The summed E-state index contributed by atoms with van der Waals surface area (Å²) in [5, 5.41) is 3.09. The fourth-order valence-corrected chi connectivity index (χ4v) is 2.80. The summed E-state index contributed by atoms with van der Waals surface area (Å²) in [7, 11) is 3.22. The summed E-state index contributed by atoms with van der Waals surface area (Å²) in [5.74, 6) is 2.55. The van der Waals surface area contributed by atoms with E-state index in [2.05, 4.69) is 29.1 Å². The molecule has 1 heterocycles. The van der Waals surface area contributed by atoms with Crippen molar-refractivity contribution >= 4 is 35.6 Å². The minimum absolute atomic E-state index is 0. The maximum absolute atomic E-state index is 6.10. The van der Waals surface area contributed by atoms with Crippen LogP contribution in [0.25, 0.3) is 0 Å². The Balaban J connectivity index is 0.00000364. The van der Waals surface area contributed by atoms with Gasteiger partial charge in [-0.1, -0.05) is 13.8 Å². The molecular weight excluding hydrogens is 459 g/mol. The summed E-state index contributed by atoms with van der Waals surface area (Å²) >= 11 is 0.